The van der Waals surface area contributed by atoms with Gasteiger partial charge in [0.2, 0.25) is 15.9 Å². The van der Waals surface area contributed by atoms with Gasteiger partial charge in [0.25, 0.3) is 0 Å². The molecule has 0 aromatic heterocycles. The first kappa shape index (κ1) is 21.1. The van der Waals surface area contributed by atoms with Gasteiger partial charge in [0, 0.05) is 36.7 Å². The molecule has 0 radical (unpaired) electrons. The normalized spacial score (nSPS) is 17.5. The van der Waals surface area contributed by atoms with Crippen molar-refractivity contribution in [2.75, 3.05) is 51.3 Å². The molecule has 8 nitrogen and oxygen atoms in total. The summed E-state index contributed by atoms with van der Waals surface area (Å²) in [5.74, 6) is 0.871. The van der Waals surface area contributed by atoms with Crippen LogP contribution in [0.1, 0.15) is 0 Å². The minimum Gasteiger partial charge on any atom is -0.486 e. The maximum atomic E-state index is 13.0. The second-order valence-electron chi connectivity index (χ2n) is 7.01. The molecule has 160 valence electrons. The van der Waals surface area contributed by atoms with Crippen molar-refractivity contribution < 1.29 is 22.7 Å². The Hall–Kier alpha value is -2.14. The molecule has 2 heterocycles. The summed E-state index contributed by atoms with van der Waals surface area (Å²) >= 11 is 3.41. The van der Waals surface area contributed by atoms with Crippen molar-refractivity contribution in [3.63, 3.8) is 0 Å². The molecule has 0 spiro atoms. The molecule has 1 N–H and O–H groups in total. The maximum Gasteiger partial charge on any atom is 0.243 e. The summed E-state index contributed by atoms with van der Waals surface area (Å²) < 4.78 is 39.2. The summed E-state index contributed by atoms with van der Waals surface area (Å²) in [4.78, 5) is 14.5. The molecular weight excluding hydrogens is 474 g/mol. The van der Waals surface area contributed by atoms with Gasteiger partial charge in [-0.3, -0.25) is 9.69 Å². The lowest BCUT2D eigenvalue weighted by Crippen LogP contribution is -2.50. The molecule has 2 aliphatic rings. The van der Waals surface area contributed by atoms with E-state index in [-0.39, 0.29) is 17.3 Å². The highest BCUT2D eigenvalue weighted by molar-refractivity contribution is 9.10. The molecule has 10 heteroatoms. The quantitative estimate of drug-likeness (QED) is 0.683. The number of carbonyl (C=O) groups excluding carboxylic acids is 1. The van der Waals surface area contributed by atoms with Gasteiger partial charge < -0.3 is 14.8 Å². The van der Waals surface area contributed by atoms with Gasteiger partial charge in [-0.25, -0.2) is 8.42 Å². The van der Waals surface area contributed by atoms with E-state index < -0.39 is 10.0 Å². The number of rotatable bonds is 5. The molecule has 0 atom stereocenters. The zero-order valence-electron chi connectivity index (χ0n) is 16.2. The first-order valence-corrected chi connectivity index (χ1v) is 11.8. The third-order valence-corrected chi connectivity index (χ3v) is 7.58. The van der Waals surface area contributed by atoms with Gasteiger partial charge in [0.15, 0.2) is 11.5 Å². The lowest BCUT2D eigenvalue weighted by atomic mass is 10.3. The first-order chi connectivity index (χ1) is 14.4. The third-order valence-electron chi connectivity index (χ3n) is 5.00. The SMILES string of the molecule is O=C(CN1CCN(S(=O)(=O)c2ccc3c(c2)OCCO3)CC1)Nc1ccccc1Br. The zero-order valence-corrected chi connectivity index (χ0v) is 18.6. The van der Waals surface area contributed by atoms with Gasteiger partial charge in [-0.2, -0.15) is 4.31 Å². The number of fused-ring (bicyclic) bond motifs is 1. The van der Waals surface area contributed by atoms with Crippen molar-refractivity contribution in [1.82, 2.24) is 9.21 Å². The minimum atomic E-state index is -3.64. The van der Waals surface area contributed by atoms with E-state index in [0.29, 0.717) is 56.6 Å². The summed E-state index contributed by atoms with van der Waals surface area (Å²) in [5.41, 5.74) is 0.710. The van der Waals surface area contributed by atoms with Crippen LogP contribution < -0.4 is 14.8 Å². The summed E-state index contributed by atoms with van der Waals surface area (Å²) in [7, 11) is -3.64. The highest BCUT2D eigenvalue weighted by Gasteiger charge is 2.30. The molecule has 0 aliphatic carbocycles. The van der Waals surface area contributed by atoms with Gasteiger partial charge in [0.05, 0.1) is 17.1 Å². The van der Waals surface area contributed by atoms with Crippen molar-refractivity contribution >= 4 is 37.5 Å². The average molecular weight is 496 g/mol. The van der Waals surface area contributed by atoms with Gasteiger partial charge in [-0.05, 0) is 40.2 Å². The van der Waals surface area contributed by atoms with Crippen molar-refractivity contribution in [1.29, 1.82) is 0 Å². The van der Waals surface area contributed by atoms with Crippen LogP contribution in [-0.4, -0.2) is 69.5 Å². The Balaban J connectivity index is 1.34. The van der Waals surface area contributed by atoms with Crippen LogP contribution in [0.4, 0.5) is 5.69 Å². The molecule has 2 aliphatic heterocycles. The highest BCUT2D eigenvalue weighted by atomic mass is 79.9. The molecule has 4 rings (SSSR count). The van der Waals surface area contributed by atoms with Crippen molar-refractivity contribution in [2.24, 2.45) is 0 Å². The standard InChI is InChI=1S/C20H22BrN3O5S/c21-16-3-1-2-4-17(16)22-20(25)14-23-7-9-24(10-8-23)30(26,27)15-5-6-18-19(13-15)29-12-11-28-18/h1-6,13H,7-12,14H2,(H,22,25). The van der Waals surface area contributed by atoms with Crippen molar-refractivity contribution in [3.8, 4) is 11.5 Å². The predicted molar refractivity (Wildman–Crippen MR) is 115 cm³/mol. The van der Waals surface area contributed by atoms with Gasteiger partial charge in [-0.15, -0.1) is 0 Å². The van der Waals surface area contributed by atoms with Crippen molar-refractivity contribution in [3.05, 3.63) is 46.9 Å². The largest absolute Gasteiger partial charge is 0.486 e. The smallest absolute Gasteiger partial charge is 0.243 e. The third kappa shape index (κ3) is 4.61. The van der Waals surface area contributed by atoms with Crippen molar-refractivity contribution in [2.45, 2.75) is 4.90 Å². The number of nitrogens with one attached hydrogen (secondary N) is 1. The van der Waals surface area contributed by atoms with Gasteiger partial charge in [0.1, 0.15) is 13.2 Å². The van der Waals surface area contributed by atoms with E-state index in [1.165, 1.54) is 10.4 Å². The number of carbonyl (C=O) groups is 1. The first-order valence-electron chi connectivity index (χ1n) is 9.60. The second kappa shape index (κ2) is 8.93. The van der Waals surface area contributed by atoms with E-state index >= 15 is 0 Å². The van der Waals surface area contributed by atoms with Gasteiger partial charge >= 0.3 is 0 Å². The summed E-state index contributed by atoms with van der Waals surface area (Å²) in [6, 6.07) is 12.1. The number of para-hydroxylation sites is 1. The minimum absolute atomic E-state index is 0.134. The van der Waals surface area contributed by atoms with Crippen LogP contribution in [0.5, 0.6) is 11.5 Å². The molecule has 2 aromatic rings. The molecule has 0 bridgehead atoms. The number of piperazine rings is 1. The molecule has 1 amide bonds. The summed E-state index contributed by atoms with van der Waals surface area (Å²) in [6.45, 7) is 2.66. The van der Waals surface area contributed by atoms with Crippen LogP contribution in [0, 0.1) is 0 Å². The Bertz CT molecular complexity index is 1040. The Labute approximate surface area is 183 Å². The Kier molecular flexibility index (Phi) is 6.28. The van der Waals surface area contributed by atoms with Crippen LogP contribution in [0.3, 0.4) is 0 Å². The van der Waals surface area contributed by atoms with E-state index in [0.717, 1.165) is 4.47 Å². The molecule has 30 heavy (non-hydrogen) atoms. The predicted octanol–water partition coefficient (Wildman–Crippen LogP) is 2.17. The van der Waals surface area contributed by atoms with E-state index in [1.807, 2.05) is 29.2 Å². The monoisotopic (exact) mass is 495 g/mol. The van der Waals surface area contributed by atoms with Crippen LogP contribution in [0.2, 0.25) is 0 Å². The highest BCUT2D eigenvalue weighted by Crippen LogP contribution is 2.33. The number of sulfonamides is 1. The number of ether oxygens (including phenoxy) is 2. The van der Waals surface area contributed by atoms with E-state index in [9.17, 15) is 13.2 Å². The van der Waals surface area contributed by atoms with Crippen LogP contribution >= 0.6 is 15.9 Å². The average Bonchev–Trinajstić information content (AvgIpc) is 2.75. The lowest BCUT2D eigenvalue weighted by Gasteiger charge is -2.33. The van der Waals surface area contributed by atoms with Crippen LogP contribution in [0.15, 0.2) is 51.8 Å². The van der Waals surface area contributed by atoms with E-state index in [1.54, 1.807) is 12.1 Å². The molecule has 1 fully saturated rings. The van der Waals surface area contributed by atoms with Crippen LogP contribution in [0.25, 0.3) is 0 Å². The number of nitrogens with zero attached hydrogens (tertiary/aromatic N) is 2. The number of amides is 1. The van der Waals surface area contributed by atoms with Crippen LogP contribution in [-0.2, 0) is 14.8 Å². The number of benzene rings is 2. The Morgan fingerprint density at radius 2 is 1.70 bits per heavy atom. The molecular formula is C20H22BrN3O5S. The number of anilines is 1. The number of hydrogen-bond acceptors (Lipinski definition) is 6. The lowest BCUT2D eigenvalue weighted by molar-refractivity contribution is -0.117. The van der Waals surface area contributed by atoms with E-state index in [2.05, 4.69) is 21.2 Å². The topological polar surface area (TPSA) is 88.2 Å². The molecule has 2 aromatic carbocycles. The molecule has 0 unspecified atom stereocenters. The fourth-order valence-corrected chi connectivity index (χ4v) is 5.24. The van der Waals surface area contributed by atoms with Gasteiger partial charge in [-0.1, -0.05) is 12.1 Å². The maximum absolute atomic E-state index is 13.0. The zero-order chi connectivity index (χ0) is 21.1. The Morgan fingerprint density at radius 1 is 1.00 bits per heavy atom. The van der Waals surface area contributed by atoms with E-state index in [4.69, 9.17) is 9.47 Å². The Morgan fingerprint density at radius 3 is 2.43 bits per heavy atom. The number of halogens is 1. The fourth-order valence-electron chi connectivity index (χ4n) is 3.42. The second-order valence-corrected chi connectivity index (χ2v) is 9.81. The summed E-state index contributed by atoms with van der Waals surface area (Å²) in [6.07, 6.45) is 0. The summed E-state index contributed by atoms with van der Waals surface area (Å²) in [5, 5.41) is 2.87. The molecule has 0 saturated carbocycles. The number of hydrogen-bond donors (Lipinski definition) is 1. The molecule has 1 saturated heterocycles. The fraction of sp³-hybridized carbons (Fsp3) is 0.350.